The van der Waals surface area contributed by atoms with Crippen LogP contribution in [0.3, 0.4) is 0 Å². The Labute approximate surface area is 91.2 Å². The van der Waals surface area contributed by atoms with Gasteiger partial charge in [-0.05, 0) is 20.4 Å². The Balaban J connectivity index is 3.96. The van der Waals surface area contributed by atoms with Gasteiger partial charge in [0.05, 0.1) is 12.6 Å². The van der Waals surface area contributed by atoms with Crippen LogP contribution in [0, 0.1) is 0 Å². The van der Waals surface area contributed by atoms with Gasteiger partial charge in [-0.25, -0.2) is 0 Å². The van der Waals surface area contributed by atoms with Gasteiger partial charge in [0, 0.05) is 13.6 Å². The van der Waals surface area contributed by atoms with Crippen molar-refractivity contribution in [1.82, 2.24) is 15.5 Å². The van der Waals surface area contributed by atoms with Crippen LogP contribution < -0.4 is 10.6 Å². The van der Waals surface area contributed by atoms with Crippen molar-refractivity contribution < 1.29 is 9.59 Å². The average Bonchev–Trinajstić information content (AvgIpc) is 2.23. The summed E-state index contributed by atoms with van der Waals surface area (Å²) in [4.78, 5) is 24.3. The fourth-order valence-electron chi connectivity index (χ4n) is 1.07. The first-order chi connectivity index (χ1) is 7.02. The van der Waals surface area contributed by atoms with Gasteiger partial charge in [0.25, 0.3) is 0 Å². The summed E-state index contributed by atoms with van der Waals surface area (Å²) in [6.45, 7) is 4.52. The van der Waals surface area contributed by atoms with E-state index in [-0.39, 0.29) is 24.4 Å². The van der Waals surface area contributed by atoms with Gasteiger partial charge in [0.15, 0.2) is 0 Å². The number of carbonyl (C=O) groups is 2. The van der Waals surface area contributed by atoms with Crippen LogP contribution in [0.15, 0.2) is 0 Å². The standard InChI is InChI=1S/C10H21N3O2/c1-5-6-12-9(14)7-13(4)10(15)8(2)11-3/h8,11H,5-7H2,1-4H3,(H,12,14). The van der Waals surface area contributed by atoms with E-state index < -0.39 is 0 Å². The van der Waals surface area contributed by atoms with Gasteiger partial charge in [0.2, 0.25) is 11.8 Å². The predicted molar refractivity (Wildman–Crippen MR) is 59.5 cm³/mol. The number of hydrogen-bond donors (Lipinski definition) is 2. The third kappa shape index (κ3) is 5.37. The number of carbonyl (C=O) groups excluding carboxylic acids is 2. The molecule has 1 unspecified atom stereocenters. The summed E-state index contributed by atoms with van der Waals surface area (Å²) in [6, 6.07) is -0.256. The number of nitrogens with one attached hydrogen (secondary N) is 2. The largest absolute Gasteiger partial charge is 0.355 e. The molecule has 15 heavy (non-hydrogen) atoms. The van der Waals surface area contributed by atoms with Gasteiger partial charge >= 0.3 is 0 Å². The molecule has 0 saturated heterocycles. The van der Waals surface area contributed by atoms with Crippen LogP contribution in [0.25, 0.3) is 0 Å². The highest BCUT2D eigenvalue weighted by Gasteiger charge is 2.17. The Morgan fingerprint density at radius 3 is 2.47 bits per heavy atom. The maximum absolute atomic E-state index is 11.6. The van der Waals surface area contributed by atoms with E-state index in [0.717, 1.165) is 6.42 Å². The first kappa shape index (κ1) is 13.9. The summed E-state index contributed by atoms with van der Waals surface area (Å²) in [5.74, 6) is -0.194. The normalized spacial score (nSPS) is 12.0. The molecule has 0 fully saturated rings. The monoisotopic (exact) mass is 215 g/mol. The number of hydrogen-bond acceptors (Lipinski definition) is 3. The minimum atomic E-state index is -0.256. The molecule has 0 saturated carbocycles. The first-order valence-electron chi connectivity index (χ1n) is 5.21. The predicted octanol–water partition coefficient (Wildman–Crippen LogP) is -0.421. The lowest BCUT2D eigenvalue weighted by Crippen LogP contribution is -2.45. The highest BCUT2D eigenvalue weighted by atomic mass is 16.2. The highest BCUT2D eigenvalue weighted by Crippen LogP contribution is 1.90. The number of amides is 2. The van der Waals surface area contributed by atoms with Gasteiger partial charge in [-0.15, -0.1) is 0 Å². The molecule has 5 heteroatoms. The van der Waals surface area contributed by atoms with Gasteiger partial charge in [-0.1, -0.05) is 6.92 Å². The van der Waals surface area contributed by atoms with Crippen LogP contribution in [-0.4, -0.2) is 49.9 Å². The minimum Gasteiger partial charge on any atom is -0.355 e. The van der Waals surface area contributed by atoms with Crippen molar-refractivity contribution in [2.45, 2.75) is 26.3 Å². The number of nitrogens with zero attached hydrogens (tertiary/aromatic N) is 1. The molecule has 1 atom stereocenters. The number of likely N-dealkylation sites (N-methyl/N-ethyl adjacent to an activating group) is 2. The van der Waals surface area contributed by atoms with Crippen LogP contribution in [0.1, 0.15) is 20.3 Å². The molecule has 0 aliphatic rings. The highest BCUT2D eigenvalue weighted by molar-refractivity contribution is 5.87. The van der Waals surface area contributed by atoms with E-state index >= 15 is 0 Å². The molecular weight excluding hydrogens is 194 g/mol. The van der Waals surface area contributed by atoms with E-state index in [1.54, 1.807) is 21.0 Å². The van der Waals surface area contributed by atoms with Crippen molar-refractivity contribution in [2.24, 2.45) is 0 Å². The minimum absolute atomic E-state index is 0.0795. The molecule has 2 N–H and O–H groups in total. The van der Waals surface area contributed by atoms with Crippen LogP contribution >= 0.6 is 0 Å². The lowest BCUT2D eigenvalue weighted by Gasteiger charge is -2.20. The van der Waals surface area contributed by atoms with E-state index in [0.29, 0.717) is 6.54 Å². The zero-order valence-electron chi connectivity index (χ0n) is 9.96. The molecule has 0 radical (unpaired) electrons. The SMILES string of the molecule is CCCNC(=O)CN(C)C(=O)C(C)NC. The average molecular weight is 215 g/mol. The molecule has 0 aromatic rings. The molecule has 5 nitrogen and oxygen atoms in total. The molecule has 0 spiro atoms. The maximum Gasteiger partial charge on any atom is 0.239 e. The maximum atomic E-state index is 11.6. The molecule has 88 valence electrons. The molecule has 0 bridgehead atoms. The topological polar surface area (TPSA) is 61.4 Å². The second-order valence-corrected chi connectivity index (χ2v) is 3.55. The van der Waals surface area contributed by atoms with E-state index in [2.05, 4.69) is 10.6 Å². The second-order valence-electron chi connectivity index (χ2n) is 3.55. The fraction of sp³-hybridized carbons (Fsp3) is 0.800. The third-order valence-electron chi connectivity index (χ3n) is 2.13. The molecule has 0 aliphatic carbocycles. The summed E-state index contributed by atoms with van der Waals surface area (Å²) in [5, 5.41) is 5.56. The van der Waals surface area contributed by atoms with Crippen LogP contribution in [0.2, 0.25) is 0 Å². The summed E-state index contributed by atoms with van der Waals surface area (Å²) in [5.41, 5.74) is 0. The summed E-state index contributed by atoms with van der Waals surface area (Å²) in [7, 11) is 3.34. The Morgan fingerprint density at radius 1 is 1.40 bits per heavy atom. The van der Waals surface area contributed by atoms with Gasteiger partial charge in [0.1, 0.15) is 0 Å². The van der Waals surface area contributed by atoms with Crippen molar-refractivity contribution in [3.63, 3.8) is 0 Å². The van der Waals surface area contributed by atoms with Crippen molar-refractivity contribution in [2.75, 3.05) is 27.2 Å². The quantitative estimate of drug-likeness (QED) is 0.632. The molecule has 0 rings (SSSR count). The van der Waals surface area contributed by atoms with Crippen molar-refractivity contribution >= 4 is 11.8 Å². The molecule has 0 aromatic heterocycles. The first-order valence-corrected chi connectivity index (χ1v) is 5.21. The number of rotatable bonds is 6. The van der Waals surface area contributed by atoms with Crippen molar-refractivity contribution in [3.8, 4) is 0 Å². The van der Waals surface area contributed by atoms with E-state index in [4.69, 9.17) is 0 Å². The van der Waals surface area contributed by atoms with Crippen molar-refractivity contribution in [3.05, 3.63) is 0 Å². The van der Waals surface area contributed by atoms with Crippen LogP contribution in [0.5, 0.6) is 0 Å². The summed E-state index contributed by atoms with van der Waals surface area (Å²) >= 11 is 0. The Kier molecular flexibility index (Phi) is 6.70. The third-order valence-corrected chi connectivity index (χ3v) is 2.13. The smallest absolute Gasteiger partial charge is 0.239 e. The molecule has 0 aromatic carbocycles. The lowest BCUT2D eigenvalue weighted by atomic mass is 10.3. The molecule has 0 heterocycles. The van der Waals surface area contributed by atoms with Crippen LogP contribution in [-0.2, 0) is 9.59 Å². The summed E-state index contributed by atoms with van der Waals surface area (Å²) in [6.07, 6.45) is 0.899. The molecule has 0 aliphatic heterocycles. The van der Waals surface area contributed by atoms with Gasteiger partial charge < -0.3 is 15.5 Å². The van der Waals surface area contributed by atoms with Crippen molar-refractivity contribution in [1.29, 1.82) is 0 Å². The molecule has 2 amide bonds. The van der Waals surface area contributed by atoms with E-state index in [9.17, 15) is 9.59 Å². The fourth-order valence-corrected chi connectivity index (χ4v) is 1.07. The summed E-state index contributed by atoms with van der Waals surface area (Å²) < 4.78 is 0. The Bertz CT molecular complexity index is 219. The van der Waals surface area contributed by atoms with E-state index in [1.807, 2.05) is 6.92 Å². The molecular formula is C10H21N3O2. The second kappa shape index (κ2) is 7.23. The Hall–Kier alpha value is -1.10. The van der Waals surface area contributed by atoms with Crippen LogP contribution in [0.4, 0.5) is 0 Å². The van der Waals surface area contributed by atoms with Gasteiger partial charge in [-0.2, -0.15) is 0 Å². The Morgan fingerprint density at radius 2 is 2.00 bits per heavy atom. The zero-order valence-corrected chi connectivity index (χ0v) is 9.96. The van der Waals surface area contributed by atoms with Gasteiger partial charge in [-0.3, -0.25) is 9.59 Å². The lowest BCUT2D eigenvalue weighted by molar-refractivity contribution is -0.135. The zero-order chi connectivity index (χ0) is 11.8. The van der Waals surface area contributed by atoms with E-state index in [1.165, 1.54) is 4.90 Å².